The number of hydrogen-bond donors (Lipinski definition) is 1. The predicted octanol–water partition coefficient (Wildman–Crippen LogP) is 2.52. The van der Waals surface area contributed by atoms with Gasteiger partial charge >= 0.3 is 6.03 Å². The van der Waals surface area contributed by atoms with Crippen molar-refractivity contribution >= 4 is 17.6 Å². The minimum Gasteiger partial charge on any atom is -0.381 e. The summed E-state index contributed by atoms with van der Waals surface area (Å²) in [4.78, 5) is 29.7. The molecule has 3 heterocycles. The highest BCUT2D eigenvalue weighted by atomic mass is 16.5. The van der Waals surface area contributed by atoms with Crippen LogP contribution in [0.5, 0.6) is 0 Å². The number of para-hydroxylation sites is 1. The van der Waals surface area contributed by atoms with E-state index in [1.54, 1.807) is 0 Å². The molecule has 3 amide bonds. The first-order chi connectivity index (χ1) is 13.0. The topological polar surface area (TPSA) is 61.9 Å². The summed E-state index contributed by atoms with van der Waals surface area (Å²) in [6.45, 7) is 7.41. The number of fused-ring (bicyclic) bond motifs is 2. The standard InChI is InChI=1S/C21H29N3O3/c1-15(2)22-20(26)23-10-8-21(9-11-23)17-5-3-4-6-18(17)24(19(21)25)13-16-7-12-27-14-16/h3-6,15-16H,7-14H2,1-2H3,(H,22,26)/t16-/m1/s1. The Morgan fingerprint density at radius 2 is 2.04 bits per heavy atom. The average Bonchev–Trinajstić information content (AvgIpc) is 3.25. The van der Waals surface area contributed by atoms with E-state index in [4.69, 9.17) is 4.74 Å². The van der Waals surface area contributed by atoms with Crippen LogP contribution in [0.3, 0.4) is 0 Å². The second kappa shape index (κ2) is 7.15. The number of amides is 3. The third-order valence-corrected chi connectivity index (χ3v) is 6.15. The number of nitrogens with one attached hydrogen (secondary N) is 1. The van der Waals surface area contributed by atoms with Crippen molar-refractivity contribution < 1.29 is 14.3 Å². The number of carbonyl (C=O) groups excluding carboxylic acids is 2. The summed E-state index contributed by atoms with van der Waals surface area (Å²) in [5, 5.41) is 2.96. The number of hydrogen-bond acceptors (Lipinski definition) is 3. The van der Waals surface area contributed by atoms with Crippen LogP contribution in [-0.4, -0.2) is 55.7 Å². The Balaban J connectivity index is 1.54. The molecule has 2 saturated heterocycles. The van der Waals surface area contributed by atoms with Crippen molar-refractivity contribution in [1.29, 1.82) is 0 Å². The second-order valence-electron chi connectivity index (χ2n) is 8.34. The molecule has 0 unspecified atom stereocenters. The van der Waals surface area contributed by atoms with Crippen molar-refractivity contribution in [2.24, 2.45) is 5.92 Å². The molecule has 0 aromatic heterocycles. The van der Waals surface area contributed by atoms with Gasteiger partial charge in [-0.15, -0.1) is 0 Å². The van der Waals surface area contributed by atoms with Crippen molar-refractivity contribution in [1.82, 2.24) is 10.2 Å². The normalized spacial score (nSPS) is 24.0. The minimum absolute atomic E-state index is 0.0291. The molecule has 0 bridgehead atoms. The zero-order chi connectivity index (χ0) is 19.0. The van der Waals surface area contributed by atoms with Crippen LogP contribution in [0, 0.1) is 5.92 Å². The fourth-order valence-electron chi connectivity index (χ4n) is 4.68. The van der Waals surface area contributed by atoms with E-state index in [1.165, 1.54) is 0 Å². The summed E-state index contributed by atoms with van der Waals surface area (Å²) in [6.07, 6.45) is 2.39. The lowest BCUT2D eigenvalue weighted by molar-refractivity contribution is -0.124. The van der Waals surface area contributed by atoms with Gasteiger partial charge in [0.1, 0.15) is 0 Å². The van der Waals surface area contributed by atoms with Crippen molar-refractivity contribution in [2.75, 3.05) is 37.7 Å². The van der Waals surface area contributed by atoms with E-state index in [0.717, 1.165) is 37.4 Å². The second-order valence-corrected chi connectivity index (χ2v) is 8.34. The van der Waals surface area contributed by atoms with Crippen LogP contribution in [0.2, 0.25) is 0 Å². The van der Waals surface area contributed by atoms with E-state index >= 15 is 0 Å². The number of nitrogens with zero attached hydrogens (tertiary/aromatic N) is 2. The van der Waals surface area contributed by atoms with E-state index in [9.17, 15) is 9.59 Å². The lowest BCUT2D eigenvalue weighted by Crippen LogP contribution is -2.53. The molecule has 4 rings (SSSR count). The zero-order valence-corrected chi connectivity index (χ0v) is 16.2. The van der Waals surface area contributed by atoms with E-state index in [1.807, 2.05) is 35.8 Å². The SMILES string of the molecule is CC(C)NC(=O)N1CCC2(CC1)C(=O)N(C[C@H]1CCOC1)c1ccccc12. The van der Waals surface area contributed by atoms with Gasteiger partial charge in [-0.1, -0.05) is 18.2 Å². The Bertz CT molecular complexity index is 719. The first kappa shape index (κ1) is 18.3. The van der Waals surface area contributed by atoms with E-state index < -0.39 is 5.41 Å². The summed E-state index contributed by atoms with van der Waals surface area (Å²) < 4.78 is 5.51. The Morgan fingerprint density at radius 3 is 2.70 bits per heavy atom. The molecule has 0 saturated carbocycles. The Labute approximate surface area is 160 Å². The van der Waals surface area contributed by atoms with Gasteiger partial charge in [-0.05, 0) is 44.7 Å². The molecule has 146 valence electrons. The third-order valence-electron chi connectivity index (χ3n) is 6.15. The number of benzene rings is 1. The Morgan fingerprint density at radius 1 is 1.30 bits per heavy atom. The zero-order valence-electron chi connectivity index (χ0n) is 16.2. The minimum atomic E-state index is -0.481. The summed E-state index contributed by atoms with van der Waals surface area (Å²) in [6, 6.07) is 8.28. The first-order valence-corrected chi connectivity index (χ1v) is 10.1. The van der Waals surface area contributed by atoms with Crippen molar-refractivity contribution in [3.63, 3.8) is 0 Å². The van der Waals surface area contributed by atoms with Crippen LogP contribution in [0.1, 0.15) is 38.7 Å². The maximum absolute atomic E-state index is 13.5. The quantitative estimate of drug-likeness (QED) is 0.888. The molecule has 6 nitrogen and oxygen atoms in total. The summed E-state index contributed by atoms with van der Waals surface area (Å²) in [5.74, 6) is 0.619. The fourth-order valence-corrected chi connectivity index (χ4v) is 4.68. The molecule has 0 aliphatic carbocycles. The molecule has 1 spiro atoms. The monoisotopic (exact) mass is 371 g/mol. The number of carbonyl (C=O) groups is 2. The highest BCUT2D eigenvalue weighted by molar-refractivity contribution is 6.08. The highest BCUT2D eigenvalue weighted by Crippen LogP contribution is 2.48. The van der Waals surface area contributed by atoms with E-state index in [-0.39, 0.29) is 18.0 Å². The van der Waals surface area contributed by atoms with Gasteiger partial charge in [-0.25, -0.2) is 4.79 Å². The molecule has 6 heteroatoms. The van der Waals surface area contributed by atoms with Gasteiger partial charge in [0.25, 0.3) is 0 Å². The fraction of sp³-hybridized carbons (Fsp3) is 0.619. The average molecular weight is 371 g/mol. The van der Waals surface area contributed by atoms with Crippen molar-refractivity contribution in [3.8, 4) is 0 Å². The van der Waals surface area contributed by atoms with Gasteiger partial charge in [0.05, 0.1) is 12.0 Å². The van der Waals surface area contributed by atoms with Gasteiger partial charge < -0.3 is 19.9 Å². The highest BCUT2D eigenvalue weighted by Gasteiger charge is 2.52. The molecule has 2 fully saturated rings. The van der Waals surface area contributed by atoms with Crippen molar-refractivity contribution in [2.45, 2.75) is 44.6 Å². The van der Waals surface area contributed by atoms with Crippen LogP contribution >= 0.6 is 0 Å². The molecule has 1 atom stereocenters. The molecule has 1 N–H and O–H groups in total. The maximum Gasteiger partial charge on any atom is 0.317 e. The first-order valence-electron chi connectivity index (χ1n) is 10.1. The predicted molar refractivity (Wildman–Crippen MR) is 104 cm³/mol. The van der Waals surface area contributed by atoms with Gasteiger partial charge in [0, 0.05) is 43.9 Å². The van der Waals surface area contributed by atoms with Crippen molar-refractivity contribution in [3.05, 3.63) is 29.8 Å². The maximum atomic E-state index is 13.5. The lowest BCUT2D eigenvalue weighted by atomic mass is 9.73. The molecule has 1 aromatic carbocycles. The number of urea groups is 1. The van der Waals surface area contributed by atoms with Crippen LogP contribution in [0.15, 0.2) is 24.3 Å². The lowest BCUT2D eigenvalue weighted by Gasteiger charge is -2.38. The van der Waals surface area contributed by atoms with Crippen LogP contribution in [-0.2, 0) is 14.9 Å². The largest absolute Gasteiger partial charge is 0.381 e. The summed E-state index contributed by atoms with van der Waals surface area (Å²) in [7, 11) is 0. The molecule has 3 aliphatic heterocycles. The number of ether oxygens (including phenoxy) is 1. The molecule has 1 aromatic rings. The summed E-state index contributed by atoms with van der Waals surface area (Å²) >= 11 is 0. The number of rotatable bonds is 3. The molecular weight excluding hydrogens is 342 g/mol. The molecule has 3 aliphatic rings. The van der Waals surface area contributed by atoms with Crippen LogP contribution in [0.25, 0.3) is 0 Å². The number of likely N-dealkylation sites (tertiary alicyclic amines) is 1. The number of piperidine rings is 1. The Hall–Kier alpha value is -2.08. The van der Waals surface area contributed by atoms with E-state index in [2.05, 4.69) is 17.4 Å². The molecule has 0 radical (unpaired) electrons. The van der Waals surface area contributed by atoms with Crippen LogP contribution < -0.4 is 10.2 Å². The van der Waals surface area contributed by atoms with Gasteiger partial charge in [0.15, 0.2) is 0 Å². The van der Waals surface area contributed by atoms with E-state index in [0.29, 0.717) is 31.8 Å². The number of anilines is 1. The van der Waals surface area contributed by atoms with Gasteiger partial charge in [-0.2, -0.15) is 0 Å². The van der Waals surface area contributed by atoms with Gasteiger partial charge in [0.2, 0.25) is 5.91 Å². The molecular formula is C21H29N3O3. The van der Waals surface area contributed by atoms with Crippen LogP contribution in [0.4, 0.5) is 10.5 Å². The molecule has 27 heavy (non-hydrogen) atoms. The smallest absolute Gasteiger partial charge is 0.317 e. The Kier molecular flexibility index (Phi) is 4.84. The van der Waals surface area contributed by atoms with Gasteiger partial charge in [-0.3, -0.25) is 4.79 Å². The third kappa shape index (κ3) is 3.20. The summed E-state index contributed by atoms with van der Waals surface area (Å²) in [5.41, 5.74) is 1.71.